The largest absolute Gasteiger partial charge is 0.481 e. The summed E-state index contributed by atoms with van der Waals surface area (Å²) in [7, 11) is 1.59. The maximum absolute atomic E-state index is 11.9. The van der Waals surface area contributed by atoms with E-state index in [1.807, 2.05) is 0 Å². The van der Waals surface area contributed by atoms with Crippen LogP contribution in [0.5, 0.6) is 0 Å². The number of nitrogens with zero attached hydrogens (tertiary/aromatic N) is 1. The van der Waals surface area contributed by atoms with Crippen LogP contribution in [0.25, 0.3) is 0 Å². The Morgan fingerprint density at radius 2 is 2.10 bits per heavy atom. The number of methoxy groups -OCH3 is 1. The minimum atomic E-state index is -0.778. The average molecular weight is 300 g/mol. The number of nitrogens with one attached hydrogen (secondary N) is 1. The van der Waals surface area contributed by atoms with Crippen molar-refractivity contribution >= 4 is 23.2 Å². The van der Waals surface area contributed by atoms with Gasteiger partial charge in [-0.25, -0.2) is 4.98 Å². The molecule has 1 aromatic heterocycles. The van der Waals surface area contributed by atoms with Gasteiger partial charge in [-0.3, -0.25) is 9.59 Å². The first kappa shape index (κ1) is 16.6. The van der Waals surface area contributed by atoms with E-state index < -0.39 is 5.97 Å². The number of carboxylic acid groups (broad SMARTS) is 1. The Kier molecular flexibility index (Phi) is 7.17. The van der Waals surface area contributed by atoms with Crippen LogP contribution in [0.4, 0.5) is 0 Å². The van der Waals surface area contributed by atoms with Crippen LogP contribution in [0.2, 0.25) is 0 Å². The number of aliphatic carboxylic acids is 1. The van der Waals surface area contributed by atoms with Crippen molar-refractivity contribution in [3.8, 4) is 0 Å². The molecule has 6 nitrogen and oxygen atoms in total. The van der Waals surface area contributed by atoms with Crippen molar-refractivity contribution in [3.63, 3.8) is 0 Å². The van der Waals surface area contributed by atoms with E-state index in [0.29, 0.717) is 30.1 Å². The number of aryl methyl sites for hydroxylation is 1. The fourth-order valence-electron chi connectivity index (χ4n) is 1.71. The second-order valence-electron chi connectivity index (χ2n) is 4.42. The highest BCUT2D eigenvalue weighted by molar-refractivity contribution is 7.13. The molecule has 20 heavy (non-hydrogen) atoms. The summed E-state index contributed by atoms with van der Waals surface area (Å²) >= 11 is 1.34. The van der Waals surface area contributed by atoms with Crippen molar-refractivity contribution in [3.05, 3.63) is 15.6 Å². The fourth-order valence-corrected chi connectivity index (χ4v) is 2.66. The molecule has 0 spiro atoms. The molecule has 1 amide bonds. The Bertz CT molecular complexity index is 459. The lowest BCUT2D eigenvalue weighted by atomic mass is 10.2. The van der Waals surface area contributed by atoms with Crippen LogP contribution in [-0.4, -0.2) is 35.6 Å². The summed E-state index contributed by atoms with van der Waals surface area (Å²) in [6, 6.07) is 0. The molecule has 0 saturated carbocycles. The monoisotopic (exact) mass is 300 g/mol. The number of hydrogen-bond donors (Lipinski definition) is 2. The predicted molar refractivity (Wildman–Crippen MR) is 76.0 cm³/mol. The SMILES string of the molecule is COCc1nc(C)c(C(=O)NCCCCCC(=O)O)s1. The molecule has 1 heterocycles. The third-order valence-corrected chi connectivity index (χ3v) is 3.80. The van der Waals surface area contributed by atoms with Gasteiger partial charge >= 0.3 is 5.97 Å². The summed E-state index contributed by atoms with van der Waals surface area (Å²) in [5.41, 5.74) is 0.713. The molecule has 0 aliphatic carbocycles. The molecule has 0 aromatic carbocycles. The van der Waals surface area contributed by atoms with Crippen molar-refractivity contribution in [1.29, 1.82) is 0 Å². The van der Waals surface area contributed by atoms with E-state index in [-0.39, 0.29) is 12.3 Å². The molecule has 0 aliphatic rings. The van der Waals surface area contributed by atoms with E-state index >= 15 is 0 Å². The zero-order valence-corrected chi connectivity index (χ0v) is 12.6. The Labute approximate surface area is 122 Å². The topological polar surface area (TPSA) is 88.5 Å². The Hall–Kier alpha value is -1.47. The zero-order valence-electron chi connectivity index (χ0n) is 11.8. The zero-order chi connectivity index (χ0) is 15.0. The smallest absolute Gasteiger partial charge is 0.303 e. The number of carbonyl (C=O) groups excluding carboxylic acids is 1. The highest BCUT2D eigenvalue weighted by atomic mass is 32.1. The average Bonchev–Trinajstić information content (AvgIpc) is 2.74. The van der Waals surface area contributed by atoms with Crippen LogP contribution >= 0.6 is 11.3 Å². The lowest BCUT2D eigenvalue weighted by Gasteiger charge is -2.03. The predicted octanol–water partition coefficient (Wildman–Crippen LogP) is 1.97. The van der Waals surface area contributed by atoms with E-state index in [2.05, 4.69) is 10.3 Å². The number of carboxylic acids is 1. The van der Waals surface area contributed by atoms with Crippen molar-refractivity contribution in [2.75, 3.05) is 13.7 Å². The van der Waals surface area contributed by atoms with Gasteiger partial charge < -0.3 is 15.2 Å². The van der Waals surface area contributed by atoms with Gasteiger partial charge in [-0.1, -0.05) is 6.42 Å². The van der Waals surface area contributed by atoms with Crippen LogP contribution in [-0.2, 0) is 16.1 Å². The van der Waals surface area contributed by atoms with Gasteiger partial charge in [0.15, 0.2) is 0 Å². The first-order chi connectivity index (χ1) is 9.54. The number of rotatable bonds is 9. The lowest BCUT2D eigenvalue weighted by molar-refractivity contribution is -0.137. The molecule has 0 saturated heterocycles. The third kappa shape index (κ3) is 5.66. The second kappa shape index (κ2) is 8.65. The van der Waals surface area contributed by atoms with Gasteiger partial charge in [0.25, 0.3) is 5.91 Å². The Morgan fingerprint density at radius 3 is 2.75 bits per heavy atom. The summed E-state index contributed by atoms with van der Waals surface area (Å²) in [5, 5.41) is 12.1. The quantitative estimate of drug-likeness (QED) is 0.681. The standard InChI is InChI=1S/C13H20N2O4S/c1-9-12(20-10(15-9)8-19-2)13(18)14-7-5-3-4-6-11(16)17/h3-8H2,1-2H3,(H,14,18)(H,16,17). The molecule has 0 atom stereocenters. The molecule has 7 heteroatoms. The summed E-state index contributed by atoms with van der Waals surface area (Å²) in [4.78, 5) is 27.2. The molecule has 2 N–H and O–H groups in total. The fraction of sp³-hybridized carbons (Fsp3) is 0.615. The van der Waals surface area contributed by atoms with Crippen LogP contribution < -0.4 is 5.32 Å². The van der Waals surface area contributed by atoms with E-state index in [9.17, 15) is 9.59 Å². The van der Waals surface area contributed by atoms with E-state index in [4.69, 9.17) is 9.84 Å². The van der Waals surface area contributed by atoms with Crippen molar-refractivity contribution < 1.29 is 19.4 Å². The Balaban J connectivity index is 2.30. The maximum Gasteiger partial charge on any atom is 0.303 e. The third-order valence-electron chi connectivity index (χ3n) is 2.67. The van der Waals surface area contributed by atoms with Crippen LogP contribution in [0.1, 0.15) is 46.1 Å². The molecule has 0 bridgehead atoms. The van der Waals surface area contributed by atoms with Gasteiger partial charge in [0.2, 0.25) is 0 Å². The molecular weight excluding hydrogens is 280 g/mol. The van der Waals surface area contributed by atoms with Gasteiger partial charge in [0.1, 0.15) is 9.88 Å². The van der Waals surface area contributed by atoms with Gasteiger partial charge in [-0.2, -0.15) is 0 Å². The Morgan fingerprint density at radius 1 is 1.35 bits per heavy atom. The van der Waals surface area contributed by atoms with Gasteiger partial charge in [0, 0.05) is 20.1 Å². The van der Waals surface area contributed by atoms with Gasteiger partial charge in [0.05, 0.1) is 12.3 Å². The van der Waals surface area contributed by atoms with Crippen molar-refractivity contribution in [1.82, 2.24) is 10.3 Å². The van der Waals surface area contributed by atoms with E-state index in [1.165, 1.54) is 11.3 Å². The number of amides is 1. The number of thiazole rings is 1. The summed E-state index contributed by atoms with van der Waals surface area (Å²) < 4.78 is 4.99. The van der Waals surface area contributed by atoms with Crippen LogP contribution in [0, 0.1) is 6.92 Å². The summed E-state index contributed by atoms with van der Waals surface area (Å²) in [6.45, 7) is 2.76. The first-order valence-electron chi connectivity index (χ1n) is 6.49. The van der Waals surface area contributed by atoms with Crippen molar-refractivity contribution in [2.24, 2.45) is 0 Å². The molecule has 0 radical (unpaired) electrons. The minimum absolute atomic E-state index is 0.124. The molecule has 0 fully saturated rings. The minimum Gasteiger partial charge on any atom is -0.481 e. The number of aromatic nitrogens is 1. The number of ether oxygens (including phenoxy) is 1. The van der Waals surface area contributed by atoms with Gasteiger partial charge in [-0.15, -0.1) is 11.3 Å². The highest BCUT2D eigenvalue weighted by Gasteiger charge is 2.14. The van der Waals surface area contributed by atoms with Crippen LogP contribution in [0.15, 0.2) is 0 Å². The van der Waals surface area contributed by atoms with Gasteiger partial charge in [-0.05, 0) is 19.8 Å². The molecule has 1 rings (SSSR count). The second-order valence-corrected chi connectivity index (χ2v) is 5.50. The summed E-state index contributed by atoms with van der Waals surface area (Å²) in [5.74, 6) is -0.902. The molecule has 0 aliphatic heterocycles. The molecule has 1 aromatic rings. The molecular formula is C13H20N2O4S. The lowest BCUT2D eigenvalue weighted by Crippen LogP contribution is -2.24. The molecule has 112 valence electrons. The normalized spacial score (nSPS) is 10.5. The first-order valence-corrected chi connectivity index (χ1v) is 7.31. The number of unbranched alkanes of at least 4 members (excludes halogenated alkanes) is 2. The van der Waals surface area contributed by atoms with E-state index in [1.54, 1.807) is 14.0 Å². The van der Waals surface area contributed by atoms with Crippen molar-refractivity contribution in [2.45, 2.75) is 39.2 Å². The number of carbonyl (C=O) groups is 2. The van der Waals surface area contributed by atoms with E-state index in [0.717, 1.165) is 17.8 Å². The van der Waals surface area contributed by atoms with Crippen LogP contribution in [0.3, 0.4) is 0 Å². The maximum atomic E-state index is 11.9. The highest BCUT2D eigenvalue weighted by Crippen LogP contribution is 2.18. The number of hydrogen-bond acceptors (Lipinski definition) is 5. The summed E-state index contributed by atoms with van der Waals surface area (Å²) in [6.07, 6.45) is 2.40. The molecule has 0 unspecified atom stereocenters.